The second-order valence-corrected chi connectivity index (χ2v) is 9.22. The van der Waals surface area contributed by atoms with Gasteiger partial charge < -0.3 is 19.9 Å². The van der Waals surface area contributed by atoms with Crippen molar-refractivity contribution in [2.24, 2.45) is 0 Å². The second kappa shape index (κ2) is 11.2. The van der Waals surface area contributed by atoms with Gasteiger partial charge in [-0.05, 0) is 58.0 Å². The fourth-order valence-corrected chi connectivity index (χ4v) is 4.98. The highest BCUT2D eigenvalue weighted by molar-refractivity contribution is 5.81. The Kier molecular flexibility index (Phi) is 7.40. The number of carboxylic acid groups (broad SMARTS) is 1. The van der Waals surface area contributed by atoms with Crippen LogP contribution in [0.4, 0.5) is 4.79 Å². The van der Waals surface area contributed by atoms with E-state index in [2.05, 4.69) is 17.4 Å². The van der Waals surface area contributed by atoms with Gasteiger partial charge in [-0.15, -0.1) is 0 Å². The molecule has 0 aliphatic heterocycles. The van der Waals surface area contributed by atoms with Gasteiger partial charge in [0.05, 0.1) is 6.61 Å². The molecule has 1 aliphatic rings. The Balaban J connectivity index is 1.22. The molecule has 0 heterocycles. The van der Waals surface area contributed by atoms with Gasteiger partial charge in [0, 0.05) is 12.3 Å². The van der Waals surface area contributed by atoms with Crippen molar-refractivity contribution in [3.8, 4) is 28.0 Å². The molecule has 1 aliphatic carbocycles. The van der Waals surface area contributed by atoms with Crippen molar-refractivity contribution in [3.63, 3.8) is 0 Å². The van der Waals surface area contributed by atoms with Crippen LogP contribution in [0.5, 0.6) is 5.75 Å². The number of hydrogen-bond acceptors (Lipinski definition) is 4. The van der Waals surface area contributed by atoms with Gasteiger partial charge in [-0.25, -0.2) is 9.59 Å². The predicted octanol–water partition coefficient (Wildman–Crippen LogP) is 6.29. The molecule has 1 atom stereocenters. The average molecular weight is 508 g/mol. The van der Waals surface area contributed by atoms with Crippen LogP contribution in [0.25, 0.3) is 22.3 Å². The van der Waals surface area contributed by atoms with Crippen molar-refractivity contribution in [2.45, 2.75) is 25.3 Å². The SMILES string of the molecule is CCOc1cccc(-c2ccc(C[C@H](NC(=O)OCC3c4ccccc4-c4ccccc43)C(=O)O)cc2)c1. The lowest BCUT2D eigenvalue weighted by Gasteiger charge is -2.18. The molecule has 6 heteroatoms. The third-order valence-corrected chi connectivity index (χ3v) is 6.81. The second-order valence-electron chi connectivity index (χ2n) is 9.22. The van der Waals surface area contributed by atoms with Crippen LogP contribution in [0.1, 0.15) is 29.5 Å². The van der Waals surface area contributed by atoms with Crippen LogP contribution >= 0.6 is 0 Å². The Morgan fingerprint density at radius 2 is 1.50 bits per heavy atom. The van der Waals surface area contributed by atoms with Gasteiger partial charge in [0.15, 0.2) is 0 Å². The van der Waals surface area contributed by atoms with Crippen molar-refractivity contribution in [1.82, 2.24) is 5.32 Å². The van der Waals surface area contributed by atoms with Crippen LogP contribution in [0.2, 0.25) is 0 Å². The van der Waals surface area contributed by atoms with Gasteiger partial charge >= 0.3 is 12.1 Å². The number of amides is 1. The van der Waals surface area contributed by atoms with Crippen molar-refractivity contribution in [1.29, 1.82) is 0 Å². The number of ether oxygens (including phenoxy) is 2. The molecule has 4 aromatic rings. The molecule has 2 N–H and O–H groups in total. The van der Waals surface area contributed by atoms with E-state index in [1.165, 1.54) is 0 Å². The number of hydrogen-bond donors (Lipinski definition) is 2. The molecule has 4 aromatic carbocycles. The Bertz CT molecular complexity index is 1400. The first-order valence-electron chi connectivity index (χ1n) is 12.7. The number of alkyl carbamates (subject to hydrolysis) is 1. The predicted molar refractivity (Wildman–Crippen MR) is 146 cm³/mol. The molecule has 0 saturated heterocycles. The van der Waals surface area contributed by atoms with Gasteiger partial charge in [-0.2, -0.15) is 0 Å². The topological polar surface area (TPSA) is 84.9 Å². The molecule has 0 radical (unpaired) electrons. The zero-order valence-corrected chi connectivity index (χ0v) is 21.1. The van der Waals surface area contributed by atoms with E-state index in [4.69, 9.17) is 9.47 Å². The molecule has 0 spiro atoms. The number of benzene rings is 4. The molecule has 0 bridgehead atoms. The van der Waals surface area contributed by atoms with E-state index in [1.807, 2.05) is 91.9 Å². The number of carboxylic acids is 1. The highest BCUT2D eigenvalue weighted by atomic mass is 16.5. The lowest BCUT2D eigenvalue weighted by molar-refractivity contribution is -0.139. The maximum Gasteiger partial charge on any atom is 0.407 e. The van der Waals surface area contributed by atoms with E-state index < -0.39 is 18.1 Å². The number of nitrogens with one attached hydrogen (secondary N) is 1. The Morgan fingerprint density at radius 1 is 0.842 bits per heavy atom. The molecular weight excluding hydrogens is 478 g/mol. The van der Waals surface area contributed by atoms with E-state index in [0.29, 0.717) is 6.61 Å². The first-order chi connectivity index (χ1) is 18.5. The van der Waals surface area contributed by atoms with E-state index >= 15 is 0 Å². The van der Waals surface area contributed by atoms with Gasteiger partial charge in [0.2, 0.25) is 0 Å². The molecule has 38 heavy (non-hydrogen) atoms. The summed E-state index contributed by atoms with van der Waals surface area (Å²) in [5, 5.41) is 12.3. The van der Waals surface area contributed by atoms with Crippen molar-refractivity contribution in [3.05, 3.63) is 114 Å². The number of carbonyl (C=O) groups is 2. The third kappa shape index (κ3) is 5.39. The van der Waals surface area contributed by atoms with Crippen LogP contribution in [0.3, 0.4) is 0 Å². The zero-order valence-electron chi connectivity index (χ0n) is 21.1. The highest BCUT2D eigenvalue weighted by Gasteiger charge is 2.29. The maximum atomic E-state index is 12.6. The van der Waals surface area contributed by atoms with Gasteiger partial charge in [0.1, 0.15) is 18.4 Å². The largest absolute Gasteiger partial charge is 0.494 e. The Hall–Kier alpha value is -4.58. The van der Waals surface area contributed by atoms with Crippen LogP contribution in [-0.2, 0) is 16.0 Å². The molecular formula is C32H29NO5. The van der Waals surface area contributed by atoms with Gasteiger partial charge in [-0.1, -0.05) is 84.9 Å². The fourth-order valence-electron chi connectivity index (χ4n) is 4.98. The van der Waals surface area contributed by atoms with E-state index in [9.17, 15) is 14.7 Å². The minimum atomic E-state index is -1.12. The summed E-state index contributed by atoms with van der Waals surface area (Å²) in [4.78, 5) is 24.6. The van der Waals surface area contributed by atoms with Gasteiger partial charge in [-0.3, -0.25) is 0 Å². The summed E-state index contributed by atoms with van der Waals surface area (Å²) in [5.74, 6) is -0.412. The Morgan fingerprint density at radius 3 is 2.13 bits per heavy atom. The maximum absolute atomic E-state index is 12.6. The van der Waals surface area contributed by atoms with Crippen LogP contribution in [0, 0.1) is 0 Å². The summed E-state index contributed by atoms with van der Waals surface area (Å²) in [7, 11) is 0. The summed E-state index contributed by atoms with van der Waals surface area (Å²) < 4.78 is 11.1. The lowest BCUT2D eigenvalue weighted by Crippen LogP contribution is -2.42. The minimum Gasteiger partial charge on any atom is -0.494 e. The highest BCUT2D eigenvalue weighted by Crippen LogP contribution is 2.44. The molecule has 0 unspecified atom stereocenters. The van der Waals surface area contributed by atoms with Gasteiger partial charge in [0.25, 0.3) is 0 Å². The number of carbonyl (C=O) groups excluding carboxylic acids is 1. The van der Waals surface area contributed by atoms with Crippen LogP contribution in [0.15, 0.2) is 97.1 Å². The molecule has 0 aromatic heterocycles. The lowest BCUT2D eigenvalue weighted by atomic mass is 9.98. The monoisotopic (exact) mass is 507 g/mol. The van der Waals surface area contributed by atoms with Crippen LogP contribution < -0.4 is 10.1 Å². The summed E-state index contributed by atoms with van der Waals surface area (Å²) in [6, 6.07) is 30.5. The van der Waals surface area contributed by atoms with E-state index in [1.54, 1.807) is 0 Å². The number of fused-ring (bicyclic) bond motifs is 3. The molecule has 1 amide bonds. The van der Waals surface area contributed by atoms with Crippen LogP contribution in [-0.4, -0.2) is 36.4 Å². The molecule has 0 fully saturated rings. The molecule has 5 rings (SSSR count). The summed E-state index contributed by atoms with van der Waals surface area (Å²) in [6.07, 6.45) is -0.609. The van der Waals surface area contributed by atoms with E-state index in [0.717, 1.165) is 44.7 Å². The average Bonchev–Trinajstić information content (AvgIpc) is 3.26. The molecule has 6 nitrogen and oxygen atoms in total. The molecule has 0 saturated carbocycles. The summed E-state index contributed by atoms with van der Waals surface area (Å²) in [6.45, 7) is 2.66. The summed E-state index contributed by atoms with van der Waals surface area (Å²) >= 11 is 0. The number of rotatable bonds is 9. The fraction of sp³-hybridized carbons (Fsp3) is 0.188. The van der Waals surface area contributed by atoms with Crippen molar-refractivity contribution in [2.75, 3.05) is 13.2 Å². The first-order valence-corrected chi connectivity index (χ1v) is 12.7. The number of aliphatic carboxylic acids is 1. The molecule has 192 valence electrons. The minimum absolute atomic E-state index is 0.0924. The Labute approximate surface area is 221 Å². The smallest absolute Gasteiger partial charge is 0.407 e. The summed E-state index contributed by atoms with van der Waals surface area (Å²) in [5.41, 5.74) is 7.26. The quantitative estimate of drug-likeness (QED) is 0.278. The standard InChI is InChI=1S/C32H29NO5/c1-2-37-24-9-7-8-23(19-24)22-16-14-21(15-17-22)18-30(31(34)35)33-32(36)38-20-29-27-12-5-3-10-25(27)26-11-4-6-13-28(26)29/h3-17,19,29-30H,2,18,20H2,1H3,(H,33,36)(H,34,35)/t30-/m0/s1. The normalized spacial score (nSPS) is 12.8. The third-order valence-electron chi connectivity index (χ3n) is 6.81. The van der Waals surface area contributed by atoms with Crippen molar-refractivity contribution >= 4 is 12.1 Å². The van der Waals surface area contributed by atoms with Crippen molar-refractivity contribution < 1.29 is 24.2 Å². The first kappa shape index (κ1) is 25.1. The van der Waals surface area contributed by atoms with E-state index in [-0.39, 0.29) is 18.9 Å². The zero-order chi connectivity index (χ0) is 26.5.